The molecule has 2 aliphatic carbocycles. The summed E-state index contributed by atoms with van der Waals surface area (Å²) >= 11 is 0. The first-order chi connectivity index (χ1) is 11.6. The zero-order valence-electron chi connectivity index (χ0n) is 13.7. The van der Waals surface area contributed by atoms with Crippen molar-refractivity contribution in [2.45, 2.75) is 44.2 Å². The number of carbonyl (C=O) groups excluding carboxylic acids is 2. The van der Waals surface area contributed by atoms with E-state index in [1.54, 1.807) is 0 Å². The van der Waals surface area contributed by atoms with Crippen LogP contribution in [0.25, 0.3) is 0 Å². The topological polar surface area (TPSA) is 81.4 Å². The van der Waals surface area contributed by atoms with Crippen LogP contribution in [0.4, 0.5) is 0 Å². The summed E-state index contributed by atoms with van der Waals surface area (Å²) < 4.78 is 5.82. The van der Waals surface area contributed by atoms with Gasteiger partial charge < -0.3 is 15.8 Å². The number of fused-ring (bicyclic) bond motifs is 3. The molecule has 1 aromatic carbocycles. The highest BCUT2D eigenvalue weighted by atomic mass is 16.5. The van der Waals surface area contributed by atoms with Crippen molar-refractivity contribution < 1.29 is 14.3 Å². The van der Waals surface area contributed by atoms with Gasteiger partial charge in [0.2, 0.25) is 11.8 Å². The van der Waals surface area contributed by atoms with Crippen LogP contribution in [0.1, 0.15) is 42.9 Å². The second-order valence-electron chi connectivity index (χ2n) is 7.37. The second kappa shape index (κ2) is 6.20. The third kappa shape index (κ3) is 2.71. The fraction of sp³-hybridized carbons (Fsp3) is 0.579. The van der Waals surface area contributed by atoms with Crippen molar-refractivity contribution in [2.24, 2.45) is 23.5 Å². The minimum atomic E-state index is -0.272. The maximum atomic E-state index is 12.6. The highest BCUT2D eigenvalue weighted by Crippen LogP contribution is 2.48. The molecule has 1 heterocycles. The predicted molar refractivity (Wildman–Crippen MR) is 88.9 cm³/mol. The molecule has 0 radical (unpaired) electrons. The molecule has 0 spiro atoms. The Morgan fingerprint density at radius 2 is 2.00 bits per heavy atom. The molecule has 1 aliphatic heterocycles. The lowest BCUT2D eigenvalue weighted by atomic mass is 9.83. The van der Waals surface area contributed by atoms with E-state index in [0.29, 0.717) is 24.9 Å². The van der Waals surface area contributed by atoms with E-state index in [1.165, 1.54) is 5.56 Å². The first-order valence-electron chi connectivity index (χ1n) is 8.91. The van der Waals surface area contributed by atoms with Crippen molar-refractivity contribution in [1.82, 2.24) is 5.32 Å². The number of nitrogens with one attached hydrogen (secondary N) is 1. The number of amides is 2. The van der Waals surface area contributed by atoms with E-state index in [1.807, 2.05) is 18.2 Å². The van der Waals surface area contributed by atoms with E-state index in [-0.39, 0.29) is 29.9 Å². The number of benzene rings is 1. The number of primary amides is 1. The molecule has 5 atom stereocenters. The number of hydrogen-bond donors (Lipinski definition) is 2. The van der Waals surface area contributed by atoms with E-state index >= 15 is 0 Å². The quantitative estimate of drug-likeness (QED) is 0.883. The Kier molecular flexibility index (Phi) is 4.04. The van der Waals surface area contributed by atoms with Crippen LogP contribution < -0.4 is 11.1 Å². The van der Waals surface area contributed by atoms with Gasteiger partial charge in [0, 0.05) is 6.04 Å². The monoisotopic (exact) mass is 328 g/mol. The number of rotatable bonds is 4. The van der Waals surface area contributed by atoms with Crippen LogP contribution in [0.5, 0.6) is 0 Å². The number of nitrogens with two attached hydrogens (primary N) is 1. The molecule has 1 aromatic rings. The molecule has 2 bridgehead atoms. The smallest absolute Gasteiger partial charge is 0.223 e. The van der Waals surface area contributed by atoms with Gasteiger partial charge in [-0.2, -0.15) is 0 Å². The third-order valence-corrected chi connectivity index (χ3v) is 6.04. The summed E-state index contributed by atoms with van der Waals surface area (Å²) in [5.74, 6) is 0.236. The van der Waals surface area contributed by atoms with Gasteiger partial charge in [0.25, 0.3) is 0 Å². The standard InChI is InChI=1S/C19H24N2O3/c20-19(23)17-12-5-6-13(9-12)18(17)21-16(22)10-15-14-4-2-1-3-11(14)7-8-24-15/h1-4,12-13,15,17-18H,5-10H2,(H2,20,23)(H,21,22)/t12-,13-,15+,17+,18-/m0/s1. The number of hydrogen-bond acceptors (Lipinski definition) is 3. The molecule has 2 fully saturated rings. The fourth-order valence-electron chi connectivity index (χ4n) is 4.97. The maximum Gasteiger partial charge on any atom is 0.223 e. The van der Waals surface area contributed by atoms with E-state index in [2.05, 4.69) is 11.4 Å². The SMILES string of the molecule is NC(=O)[C@@H]1[C@H]2CC[C@@H](C2)[C@@H]1NC(=O)C[C@H]1OCCc2ccccc21. The minimum Gasteiger partial charge on any atom is -0.373 e. The van der Waals surface area contributed by atoms with E-state index in [4.69, 9.17) is 10.5 Å². The molecule has 3 N–H and O–H groups in total. The van der Waals surface area contributed by atoms with Gasteiger partial charge in [-0.1, -0.05) is 24.3 Å². The Morgan fingerprint density at radius 3 is 2.83 bits per heavy atom. The molecule has 2 saturated carbocycles. The van der Waals surface area contributed by atoms with Crippen LogP contribution in [-0.2, 0) is 20.7 Å². The normalized spacial score (nSPS) is 33.9. The van der Waals surface area contributed by atoms with Crippen LogP contribution in [0, 0.1) is 17.8 Å². The van der Waals surface area contributed by atoms with Crippen molar-refractivity contribution >= 4 is 11.8 Å². The van der Waals surface area contributed by atoms with E-state index in [0.717, 1.165) is 31.2 Å². The summed E-state index contributed by atoms with van der Waals surface area (Å²) in [7, 11) is 0. The largest absolute Gasteiger partial charge is 0.373 e. The van der Waals surface area contributed by atoms with Crippen molar-refractivity contribution in [1.29, 1.82) is 0 Å². The summed E-state index contributed by atoms with van der Waals surface area (Å²) in [4.78, 5) is 24.4. The number of ether oxygens (including phenoxy) is 1. The molecule has 128 valence electrons. The van der Waals surface area contributed by atoms with Gasteiger partial charge in [-0.25, -0.2) is 0 Å². The molecular weight excluding hydrogens is 304 g/mol. The van der Waals surface area contributed by atoms with Gasteiger partial charge in [-0.3, -0.25) is 9.59 Å². The molecule has 3 aliphatic rings. The minimum absolute atomic E-state index is 0.0412. The molecule has 0 unspecified atom stereocenters. The Balaban J connectivity index is 1.43. The van der Waals surface area contributed by atoms with Crippen LogP contribution >= 0.6 is 0 Å². The molecule has 5 nitrogen and oxygen atoms in total. The summed E-state index contributed by atoms with van der Waals surface area (Å²) in [6.07, 6.45) is 4.16. The molecule has 5 heteroatoms. The average Bonchev–Trinajstić information content (AvgIpc) is 3.16. The second-order valence-corrected chi connectivity index (χ2v) is 7.37. The fourth-order valence-corrected chi connectivity index (χ4v) is 4.97. The van der Waals surface area contributed by atoms with Gasteiger partial charge in [0.15, 0.2) is 0 Å². The van der Waals surface area contributed by atoms with Gasteiger partial charge in [-0.15, -0.1) is 0 Å². The van der Waals surface area contributed by atoms with Crippen LogP contribution in [0.2, 0.25) is 0 Å². The molecule has 4 rings (SSSR count). The zero-order chi connectivity index (χ0) is 16.7. The first kappa shape index (κ1) is 15.6. The predicted octanol–water partition coefficient (Wildman–Crippen LogP) is 1.71. The van der Waals surface area contributed by atoms with Crippen molar-refractivity contribution in [3.05, 3.63) is 35.4 Å². The molecule has 0 aromatic heterocycles. The van der Waals surface area contributed by atoms with Crippen molar-refractivity contribution in [2.75, 3.05) is 6.61 Å². The van der Waals surface area contributed by atoms with Gasteiger partial charge in [0.05, 0.1) is 25.0 Å². The summed E-state index contributed by atoms with van der Waals surface area (Å²) in [5, 5.41) is 3.10. The van der Waals surface area contributed by atoms with Gasteiger partial charge >= 0.3 is 0 Å². The Hall–Kier alpha value is -1.88. The van der Waals surface area contributed by atoms with Crippen molar-refractivity contribution in [3.8, 4) is 0 Å². The molecule has 0 saturated heterocycles. The first-order valence-corrected chi connectivity index (χ1v) is 8.91. The Bertz CT molecular complexity index is 660. The highest BCUT2D eigenvalue weighted by Gasteiger charge is 2.50. The third-order valence-electron chi connectivity index (χ3n) is 6.04. The van der Waals surface area contributed by atoms with Crippen LogP contribution in [0.15, 0.2) is 24.3 Å². The lowest BCUT2D eigenvalue weighted by Gasteiger charge is -2.31. The zero-order valence-corrected chi connectivity index (χ0v) is 13.7. The summed E-state index contributed by atoms with van der Waals surface area (Å²) in [6.45, 7) is 0.646. The highest BCUT2D eigenvalue weighted by molar-refractivity contribution is 5.81. The Labute approximate surface area is 141 Å². The molecular formula is C19H24N2O3. The molecule has 24 heavy (non-hydrogen) atoms. The summed E-state index contributed by atoms with van der Waals surface area (Å²) in [5.41, 5.74) is 7.95. The molecule has 2 amide bonds. The van der Waals surface area contributed by atoms with E-state index < -0.39 is 0 Å². The van der Waals surface area contributed by atoms with E-state index in [9.17, 15) is 9.59 Å². The Morgan fingerprint density at radius 1 is 1.21 bits per heavy atom. The van der Waals surface area contributed by atoms with Crippen LogP contribution in [0.3, 0.4) is 0 Å². The maximum absolute atomic E-state index is 12.6. The van der Waals surface area contributed by atoms with Gasteiger partial charge in [0.1, 0.15) is 0 Å². The lowest BCUT2D eigenvalue weighted by Crippen LogP contribution is -2.49. The number of carbonyl (C=O) groups is 2. The lowest BCUT2D eigenvalue weighted by molar-refractivity contribution is -0.128. The summed E-state index contributed by atoms with van der Waals surface area (Å²) in [6, 6.07) is 8.05. The average molecular weight is 328 g/mol. The van der Waals surface area contributed by atoms with Gasteiger partial charge in [-0.05, 0) is 48.6 Å². The van der Waals surface area contributed by atoms with Crippen LogP contribution in [-0.4, -0.2) is 24.5 Å². The van der Waals surface area contributed by atoms with Crippen molar-refractivity contribution in [3.63, 3.8) is 0 Å².